The Balaban J connectivity index is 2.47. The zero-order valence-electron chi connectivity index (χ0n) is 16.9. The van der Waals surface area contributed by atoms with Crippen LogP contribution in [0.1, 0.15) is 38.8 Å². The van der Waals surface area contributed by atoms with E-state index < -0.39 is 16.8 Å². The number of halogens is 3. The van der Waals surface area contributed by atoms with Gasteiger partial charge in [0.1, 0.15) is 17.3 Å². The van der Waals surface area contributed by atoms with Crippen molar-refractivity contribution in [1.29, 1.82) is 0 Å². The molecule has 1 unspecified atom stereocenters. The quantitative estimate of drug-likeness (QED) is 0.131. The molecule has 2 aromatic rings. The molecule has 0 aliphatic carbocycles. The first-order chi connectivity index (χ1) is 14.0. The monoisotopic (exact) mass is 517 g/mol. The molecular weight excluding hydrogens is 497 g/mol. The molecule has 0 aliphatic heterocycles. The van der Waals surface area contributed by atoms with Gasteiger partial charge in [0.25, 0.3) is 5.69 Å². The van der Waals surface area contributed by atoms with Crippen LogP contribution in [0.4, 0.5) is 15.8 Å². The Morgan fingerprint density at radius 2 is 2.10 bits per heavy atom. The van der Waals surface area contributed by atoms with E-state index in [9.17, 15) is 14.5 Å². The van der Waals surface area contributed by atoms with Gasteiger partial charge < -0.3 is 10.1 Å². The second kappa shape index (κ2) is 10.5. The van der Waals surface area contributed by atoms with Gasteiger partial charge in [-0.15, -0.1) is 0 Å². The van der Waals surface area contributed by atoms with E-state index in [0.29, 0.717) is 22.2 Å². The zero-order chi connectivity index (χ0) is 22.5. The Morgan fingerprint density at radius 3 is 2.70 bits per heavy atom. The highest BCUT2D eigenvalue weighted by molar-refractivity contribution is 9.10. The highest BCUT2D eigenvalue weighted by Gasteiger charge is 2.24. The zero-order valence-corrected chi connectivity index (χ0v) is 20.1. The number of hydrogen-bond acceptors (Lipinski definition) is 6. The van der Waals surface area contributed by atoms with E-state index in [1.54, 1.807) is 12.3 Å². The van der Waals surface area contributed by atoms with Gasteiger partial charge in [-0.1, -0.05) is 27.5 Å². The molecule has 2 rings (SSSR count). The lowest BCUT2D eigenvalue weighted by Crippen LogP contribution is -2.14. The Morgan fingerprint density at radius 1 is 1.40 bits per heavy atom. The molecular formula is C20H22BrClFN3O3S. The molecule has 0 fully saturated rings. The van der Waals surface area contributed by atoms with Crippen LogP contribution in [0, 0.1) is 15.9 Å². The number of nitro groups is 1. The molecule has 10 heteroatoms. The number of nitrogens with one attached hydrogen (secondary N) is 1. The fourth-order valence-corrected chi connectivity index (χ4v) is 4.05. The molecule has 0 radical (unpaired) electrons. The molecule has 30 heavy (non-hydrogen) atoms. The van der Waals surface area contributed by atoms with Gasteiger partial charge in [0.15, 0.2) is 0 Å². The third kappa shape index (κ3) is 6.58. The third-order valence-corrected chi connectivity index (χ3v) is 5.78. The molecule has 162 valence electrons. The van der Waals surface area contributed by atoms with Crippen LogP contribution in [0.3, 0.4) is 0 Å². The fourth-order valence-electron chi connectivity index (χ4n) is 2.56. The first-order valence-corrected chi connectivity index (χ1v) is 10.9. The van der Waals surface area contributed by atoms with E-state index in [1.165, 1.54) is 43.3 Å². The molecule has 1 atom stereocenters. The summed E-state index contributed by atoms with van der Waals surface area (Å²) < 4.78 is 24.2. The number of anilines is 1. The van der Waals surface area contributed by atoms with E-state index in [-0.39, 0.29) is 21.1 Å². The van der Waals surface area contributed by atoms with Crippen molar-refractivity contribution in [3.63, 3.8) is 0 Å². The number of methoxy groups -OCH3 is 1. The predicted molar refractivity (Wildman–Crippen MR) is 126 cm³/mol. The van der Waals surface area contributed by atoms with Crippen LogP contribution in [0.25, 0.3) is 0 Å². The Bertz CT molecular complexity index is 954. The van der Waals surface area contributed by atoms with Crippen molar-refractivity contribution in [3.05, 3.63) is 61.3 Å². The van der Waals surface area contributed by atoms with Gasteiger partial charge in [-0.3, -0.25) is 10.1 Å². The van der Waals surface area contributed by atoms with Gasteiger partial charge in [-0.25, -0.2) is 8.79 Å². The highest BCUT2D eigenvalue weighted by Crippen LogP contribution is 2.38. The normalized spacial score (nSPS) is 12.8. The standard InChI is InChI=1S/C20H22BrClFN3O3S/c1-20(2,3)30-24-10-9-15(18-13(21)6-7-14(23)19(18)22)25-16-11-12(29-4)5-8-17(16)26(27)28/h5-8,10-11,15,25H,9H2,1-4H3/b24-10+. The number of benzene rings is 2. The second-order valence-electron chi connectivity index (χ2n) is 7.32. The van der Waals surface area contributed by atoms with Crippen LogP contribution in [0.2, 0.25) is 5.02 Å². The molecule has 1 N–H and O–H groups in total. The summed E-state index contributed by atoms with van der Waals surface area (Å²) >= 11 is 11.1. The molecule has 0 saturated carbocycles. The maximum atomic E-state index is 14.2. The van der Waals surface area contributed by atoms with Crippen molar-refractivity contribution < 1.29 is 14.1 Å². The summed E-state index contributed by atoms with van der Waals surface area (Å²) in [7, 11) is 1.47. The van der Waals surface area contributed by atoms with E-state index in [2.05, 4.69) is 25.6 Å². The van der Waals surface area contributed by atoms with Crippen molar-refractivity contribution in [2.45, 2.75) is 38.0 Å². The SMILES string of the molecule is COc1ccc([N+](=O)[O-])c(NC(C/C=N/SC(C)(C)C)c2c(Br)ccc(F)c2Cl)c1. The maximum absolute atomic E-state index is 14.2. The van der Waals surface area contributed by atoms with Crippen molar-refractivity contribution in [1.82, 2.24) is 0 Å². The lowest BCUT2D eigenvalue weighted by molar-refractivity contribution is -0.384. The Kier molecular flexibility index (Phi) is 8.52. The summed E-state index contributed by atoms with van der Waals surface area (Å²) in [5.41, 5.74) is 0.542. The van der Waals surface area contributed by atoms with Crippen LogP contribution in [0.15, 0.2) is 39.2 Å². The molecule has 6 nitrogen and oxygen atoms in total. The first kappa shape index (κ1) is 24.4. The summed E-state index contributed by atoms with van der Waals surface area (Å²) in [5.74, 6) is -0.133. The van der Waals surface area contributed by atoms with E-state index in [4.69, 9.17) is 16.3 Å². The van der Waals surface area contributed by atoms with Crippen LogP contribution in [-0.4, -0.2) is 23.0 Å². The number of ether oxygens (including phenoxy) is 1. The minimum atomic E-state index is -0.585. The van der Waals surface area contributed by atoms with Gasteiger partial charge in [-0.2, -0.15) is 0 Å². The minimum Gasteiger partial charge on any atom is -0.497 e. The molecule has 0 bridgehead atoms. The lowest BCUT2D eigenvalue weighted by Gasteiger charge is -2.22. The molecule has 0 aromatic heterocycles. The summed E-state index contributed by atoms with van der Waals surface area (Å²) in [6, 6.07) is 6.59. The van der Waals surface area contributed by atoms with E-state index in [1.807, 2.05) is 20.8 Å². The summed E-state index contributed by atoms with van der Waals surface area (Å²) in [4.78, 5) is 11.0. The van der Waals surface area contributed by atoms with Crippen molar-refractivity contribution in [2.24, 2.45) is 4.40 Å². The van der Waals surface area contributed by atoms with Crippen LogP contribution < -0.4 is 10.1 Å². The van der Waals surface area contributed by atoms with Crippen LogP contribution in [-0.2, 0) is 0 Å². The fraction of sp³-hybridized carbons (Fsp3) is 0.350. The molecule has 0 spiro atoms. The smallest absolute Gasteiger partial charge is 0.292 e. The molecule has 0 heterocycles. The average molecular weight is 519 g/mol. The highest BCUT2D eigenvalue weighted by atomic mass is 79.9. The Hall–Kier alpha value is -1.84. The lowest BCUT2D eigenvalue weighted by atomic mass is 10.0. The van der Waals surface area contributed by atoms with E-state index >= 15 is 0 Å². The first-order valence-electron chi connectivity index (χ1n) is 8.96. The minimum absolute atomic E-state index is 0.0655. The largest absolute Gasteiger partial charge is 0.497 e. The van der Waals surface area contributed by atoms with E-state index in [0.717, 1.165) is 0 Å². The molecule has 0 aliphatic rings. The predicted octanol–water partition coefficient (Wildman–Crippen LogP) is 7.22. The Labute approximate surface area is 192 Å². The molecule has 0 amide bonds. The average Bonchev–Trinajstić information content (AvgIpc) is 2.67. The van der Waals surface area contributed by atoms with Gasteiger partial charge in [-0.05, 0) is 50.9 Å². The van der Waals surface area contributed by atoms with Crippen LogP contribution in [0.5, 0.6) is 5.75 Å². The molecule has 0 saturated heterocycles. The van der Waals surface area contributed by atoms with Crippen LogP contribution >= 0.6 is 39.5 Å². The van der Waals surface area contributed by atoms with Crippen molar-refractivity contribution >= 4 is 57.1 Å². The second-order valence-corrected chi connectivity index (χ2v) is 10.2. The van der Waals surface area contributed by atoms with Gasteiger partial charge in [0.05, 0.1) is 23.1 Å². The molecule has 2 aromatic carbocycles. The number of rotatable bonds is 8. The number of hydrogen-bond donors (Lipinski definition) is 1. The topological polar surface area (TPSA) is 76.8 Å². The summed E-state index contributed by atoms with van der Waals surface area (Å²) in [6.45, 7) is 6.10. The summed E-state index contributed by atoms with van der Waals surface area (Å²) in [6.07, 6.45) is 2.01. The van der Waals surface area contributed by atoms with Gasteiger partial charge >= 0.3 is 0 Å². The van der Waals surface area contributed by atoms with Crippen molar-refractivity contribution in [2.75, 3.05) is 12.4 Å². The van der Waals surface area contributed by atoms with Crippen molar-refractivity contribution in [3.8, 4) is 5.75 Å². The van der Waals surface area contributed by atoms with Gasteiger partial charge in [0.2, 0.25) is 0 Å². The number of nitro benzene ring substituents is 1. The third-order valence-electron chi connectivity index (χ3n) is 3.90. The summed E-state index contributed by atoms with van der Waals surface area (Å²) in [5, 5.41) is 14.6. The number of nitrogens with zero attached hydrogens (tertiary/aromatic N) is 2. The van der Waals surface area contributed by atoms with Gasteiger partial charge in [0, 0.05) is 39.6 Å². The maximum Gasteiger partial charge on any atom is 0.292 e.